The van der Waals surface area contributed by atoms with E-state index >= 15 is 0 Å². The summed E-state index contributed by atoms with van der Waals surface area (Å²) in [6, 6.07) is 21.5. The van der Waals surface area contributed by atoms with E-state index in [1.54, 1.807) is 48.5 Å². The molecule has 1 amide bonds. The van der Waals surface area contributed by atoms with Gasteiger partial charge in [-0.25, -0.2) is 0 Å². The lowest BCUT2D eigenvalue weighted by atomic mass is 10.0. The Morgan fingerprint density at radius 2 is 1.69 bits per heavy atom. The van der Waals surface area contributed by atoms with Crippen LogP contribution in [0.4, 0.5) is 5.69 Å². The number of aryl methyl sites for hydroxylation is 1. The number of amides is 1. The van der Waals surface area contributed by atoms with Crippen LogP contribution in [0.1, 0.15) is 48.0 Å². The van der Waals surface area contributed by atoms with Crippen molar-refractivity contribution in [3.63, 3.8) is 0 Å². The highest BCUT2D eigenvalue weighted by Gasteiger charge is 2.14. The molecule has 0 aliphatic heterocycles. The molecular weight excluding hydrogens is 458 g/mol. The van der Waals surface area contributed by atoms with Crippen LogP contribution >= 0.6 is 0 Å². The topological polar surface area (TPSA) is 104 Å². The van der Waals surface area contributed by atoms with E-state index in [1.165, 1.54) is 12.7 Å². The van der Waals surface area contributed by atoms with Crippen LogP contribution in [0.2, 0.25) is 0 Å². The van der Waals surface area contributed by atoms with Gasteiger partial charge in [0.15, 0.2) is 0 Å². The van der Waals surface area contributed by atoms with Gasteiger partial charge in [0.05, 0.1) is 19.1 Å². The Labute approximate surface area is 209 Å². The highest BCUT2D eigenvalue weighted by molar-refractivity contribution is 6.06. The zero-order valence-electron chi connectivity index (χ0n) is 20.4. The number of carbonyl (C=O) groups excluding carboxylic acids is 2. The van der Waals surface area contributed by atoms with E-state index in [0.29, 0.717) is 40.4 Å². The third kappa shape index (κ3) is 6.15. The Morgan fingerprint density at radius 3 is 2.39 bits per heavy atom. The molecule has 4 aromatic rings. The number of nitrogens with zero attached hydrogens (tertiary/aromatic N) is 2. The van der Waals surface area contributed by atoms with Gasteiger partial charge >= 0.3 is 5.97 Å². The van der Waals surface area contributed by atoms with Gasteiger partial charge in [-0.3, -0.25) is 9.59 Å². The molecule has 1 aromatic heterocycles. The number of para-hydroxylation sites is 1. The van der Waals surface area contributed by atoms with Crippen LogP contribution in [0.3, 0.4) is 0 Å². The third-order valence-electron chi connectivity index (χ3n) is 5.54. The average molecular weight is 486 g/mol. The number of hydrogen-bond acceptors (Lipinski definition) is 7. The summed E-state index contributed by atoms with van der Waals surface area (Å²) < 4.78 is 15.9. The monoisotopic (exact) mass is 485 g/mol. The van der Waals surface area contributed by atoms with E-state index in [4.69, 9.17) is 14.0 Å². The SMILES string of the molecule is COc1ccccc1C(=O)Nc1ccc(OC(=O)CCc2nc(-c3ccc(C(C)C)cc3)no2)cc1. The van der Waals surface area contributed by atoms with Gasteiger partial charge in [-0.15, -0.1) is 0 Å². The molecule has 0 unspecified atom stereocenters. The predicted octanol–water partition coefficient (Wildman–Crippen LogP) is 5.66. The van der Waals surface area contributed by atoms with E-state index < -0.39 is 5.97 Å². The molecule has 8 nitrogen and oxygen atoms in total. The van der Waals surface area contributed by atoms with Gasteiger partial charge in [0.25, 0.3) is 5.91 Å². The molecule has 3 aromatic carbocycles. The van der Waals surface area contributed by atoms with Crippen LogP contribution in [0.15, 0.2) is 77.3 Å². The minimum absolute atomic E-state index is 0.0835. The summed E-state index contributed by atoms with van der Waals surface area (Å²) in [5.74, 6) is 1.42. The molecule has 0 fully saturated rings. The van der Waals surface area contributed by atoms with Crippen molar-refractivity contribution < 1.29 is 23.6 Å². The molecule has 0 spiro atoms. The normalized spacial score (nSPS) is 10.8. The summed E-state index contributed by atoms with van der Waals surface area (Å²) >= 11 is 0. The van der Waals surface area contributed by atoms with Crippen LogP contribution in [0.25, 0.3) is 11.4 Å². The Hall–Kier alpha value is -4.46. The fourth-order valence-corrected chi connectivity index (χ4v) is 3.52. The van der Waals surface area contributed by atoms with Crippen molar-refractivity contribution in [2.75, 3.05) is 12.4 Å². The summed E-state index contributed by atoms with van der Waals surface area (Å²) in [5, 5.41) is 6.81. The number of anilines is 1. The van der Waals surface area contributed by atoms with Crippen molar-refractivity contribution in [3.8, 4) is 22.9 Å². The second kappa shape index (κ2) is 11.3. The Balaban J connectivity index is 1.28. The van der Waals surface area contributed by atoms with Crippen molar-refractivity contribution in [1.29, 1.82) is 0 Å². The molecule has 0 atom stereocenters. The largest absolute Gasteiger partial charge is 0.496 e. The van der Waals surface area contributed by atoms with Crippen LogP contribution in [0.5, 0.6) is 11.5 Å². The number of rotatable bonds is 9. The summed E-state index contributed by atoms with van der Waals surface area (Å²) in [6.45, 7) is 4.27. The lowest BCUT2D eigenvalue weighted by Gasteiger charge is -2.09. The number of ether oxygens (including phenoxy) is 2. The molecule has 0 aliphatic carbocycles. The molecular formula is C28H27N3O5. The second-order valence-electron chi connectivity index (χ2n) is 8.44. The summed E-state index contributed by atoms with van der Waals surface area (Å²) in [4.78, 5) is 29.2. The van der Waals surface area contributed by atoms with E-state index in [1.807, 2.05) is 24.3 Å². The fourth-order valence-electron chi connectivity index (χ4n) is 3.52. The van der Waals surface area contributed by atoms with Crippen molar-refractivity contribution >= 4 is 17.6 Å². The molecule has 0 aliphatic rings. The first-order valence-corrected chi connectivity index (χ1v) is 11.6. The molecule has 36 heavy (non-hydrogen) atoms. The molecule has 4 rings (SSSR count). The van der Waals surface area contributed by atoms with Crippen molar-refractivity contribution in [1.82, 2.24) is 10.1 Å². The number of methoxy groups -OCH3 is 1. The van der Waals surface area contributed by atoms with Crippen molar-refractivity contribution in [2.24, 2.45) is 0 Å². The van der Waals surface area contributed by atoms with Gasteiger partial charge < -0.3 is 19.3 Å². The van der Waals surface area contributed by atoms with Crippen molar-refractivity contribution in [2.45, 2.75) is 32.6 Å². The van der Waals surface area contributed by atoms with E-state index in [9.17, 15) is 9.59 Å². The molecule has 1 heterocycles. The Bertz CT molecular complexity index is 1330. The zero-order chi connectivity index (χ0) is 25.5. The number of hydrogen-bond donors (Lipinski definition) is 1. The molecule has 1 N–H and O–H groups in total. The maximum atomic E-state index is 12.5. The van der Waals surface area contributed by atoms with E-state index in [0.717, 1.165) is 5.56 Å². The fraction of sp³-hybridized carbons (Fsp3) is 0.214. The molecule has 0 saturated carbocycles. The first-order valence-electron chi connectivity index (χ1n) is 11.6. The summed E-state index contributed by atoms with van der Waals surface area (Å²) in [6.07, 6.45) is 0.350. The number of esters is 1. The van der Waals surface area contributed by atoms with Crippen LogP contribution in [-0.2, 0) is 11.2 Å². The minimum Gasteiger partial charge on any atom is -0.496 e. The molecule has 0 saturated heterocycles. The van der Waals surface area contributed by atoms with Crippen molar-refractivity contribution in [3.05, 3.63) is 89.8 Å². The lowest BCUT2D eigenvalue weighted by molar-refractivity contribution is -0.134. The zero-order valence-corrected chi connectivity index (χ0v) is 20.4. The maximum absolute atomic E-state index is 12.5. The van der Waals surface area contributed by atoms with Gasteiger partial charge in [0.2, 0.25) is 11.7 Å². The van der Waals surface area contributed by atoms with Gasteiger partial charge in [-0.2, -0.15) is 4.98 Å². The number of carbonyl (C=O) groups is 2. The maximum Gasteiger partial charge on any atom is 0.311 e. The van der Waals surface area contributed by atoms with Gasteiger partial charge in [0, 0.05) is 17.7 Å². The average Bonchev–Trinajstić information content (AvgIpc) is 3.38. The minimum atomic E-state index is -0.429. The van der Waals surface area contributed by atoms with Gasteiger partial charge in [-0.05, 0) is 47.9 Å². The Kier molecular flexibility index (Phi) is 7.75. The lowest BCUT2D eigenvalue weighted by Crippen LogP contribution is -2.13. The Morgan fingerprint density at radius 1 is 0.972 bits per heavy atom. The first-order chi connectivity index (χ1) is 17.4. The first kappa shape index (κ1) is 24.7. The molecule has 0 radical (unpaired) electrons. The standard InChI is InChI=1S/C28H27N3O5/c1-18(2)19-8-10-20(11-9-19)27-30-25(36-31-27)16-17-26(32)35-22-14-12-21(13-15-22)29-28(33)23-6-4-5-7-24(23)34-3/h4-15,18H,16-17H2,1-3H3,(H,29,33). The second-order valence-corrected chi connectivity index (χ2v) is 8.44. The molecule has 0 bridgehead atoms. The quantitative estimate of drug-likeness (QED) is 0.241. The van der Waals surface area contributed by atoms with Crippen LogP contribution in [0, 0.1) is 0 Å². The van der Waals surface area contributed by atoms with Crippen LogP contribution in [-0.4, -0.2) is 29.1 Å². The highest BCUT2D eigenvalue weighted by Crippen LogP contribution is 2.22. The molecule has 184 valence electrons. The van der Waals surface area contributed by atoms with Crippen LogP contribution < -0.4 is 14.8 Å². The summed E-state index contributed by atoms with van der Waals surface area (Å²) in [5.41, 5.74) is 3.07. The molecule has 8 heteroatoms. The van der Waals surface area contributed by atoms with E-state index in [-0.39, 0.29) is 18.7 Å². The van der Waals surface area contributed by atoms with E-state index in [2.05, 4.69) is 29.3 Å². The van der Waals surface area contributed by atoms with Gasteiger partial charge in [-0.1, -0.05) is 55.4 Å². The highest BCUT2D eigenvalue weighted by atomic mass is 16.5. The number of nitrogens with one attached hydrogen (secondary N) is 1. The number of benzene rings is 3. The smallest absolute Gasteiger partial charge is 0.311 e. The number of aromatic nitrogens is 2. The van der Waals surface area contributed by atoms with Gasteiger partial charge in [0.1, 0.15) is 11.5 Å². The summed E-state index contributed by atoms with van der Waals surface area (Å²) in [7, 11) is 1.51. The predicted molar refractivity (Wildman–Crippen MR) is 135 cm³/mol. The third-order valence-corrected chi connectivity index (χ3v) is 5.54.